The second-order valence-electron chi connectivity index (χ2n) is 5.89. The third kappa shape index (κ3) is 4.87. The van der Waals surface area contributed by atoms with Crippen molar-refractivity contribution >= 4 is 35.1 Å². The molecule has 0 unspecified atom stereocenters. The largest absolute Gasteiger partial charge is 0.298 e. The molecular formula is C20H19N3O2S2. The lowest BCUT2D eigenvalue weighted by molar-refractivity contribution is -0.123. The van der Waals surface area contributed by atoms with Crippen LogP contribution in [0.3, 0.4) is 0 Å². The van der Waals surface area contributed by atoms with Gasteiger partial charge in [-0.25, -0.2) is 0 Å². The molecule has 0 aliphatic rings. The molecule has 0 radical (unpaired) electrons. The summed E-state index contributed by atoms with van der Waals surface area (Å²) in [5, 5.41) is 8.37. The predicted octanol–water partition coefficient (Wildman–Crippen LogP) is 4.20. The number of ketones is 2. The van der Waals surface area contributed by atoms with E-state index >= 15 is 0 Å². The highest BCUT2D eigenvalue weighted by Crippen LogP contribution is 2.29. The number of rotatable bonds is 8. The van der Waals surface area contributed by atoms with Gasteiger partial charge in [0.15, 0.2) is 16.7 Å². The summed E-state index contributed by atoms with van der Waals surface area (Å²) in [5.41, 5.74) is 0.902. The third-order valence-corrected chi connectivity index (χ3v) is 6.17. The quantitative estimate of drug-likeness (QED) is 0.419. The first-order chi connectivity index (χ1) is 13.1. The van der Waals surface area contributed by atoms with Gasteiger partial charge in [-0.15, -0.1) is 22.0 Å². The second kappa shape index (κ2) is 9.01. The fraction of sp³-hybridized carbons (Fsp3) is 0.200. The van der Waals surface area contributed by atoms with Crippen LogP contribution in [0.25, 0.3) is 5.69 Å². The van der Waals surface area contributed by atoms with Gasteiger partial charge < -0.3 is 0 Å². The van der Waals surface area contributed by atoms with Crippen molar-refractivity contribution in [3.8, 4) is 5.69 Å². The SMILES string of the molecule is CC(=O)C(Sc1nnc(CSc2ccccc2)n1-c1ccccc1)C(C)=O. The normalized spacial score (nSPS) is 10.9. The summed E-state index contributed by atoms with van der Waals surface area (Å²) in [6.45, 7) is 2.85. The number of Topliss-reactive ketones (excluding diaryl/α,β-unsaturated/α-hetero) is 2. The minimum atomic E-state index is -0.772. The Morgan fingerprint density at radius 1 is 0.926 bits per heavy atom. The van der Waals surface area contributed by atoms with E-state index in [4.69, 9.17) is 0 Å². The molecule has 1 heterocycles. The first kappa shape index (κ1) is 19.4. The Labute approximate surface area is 166 Å². The average molecular weight is 398 g/mol. The van der Waals surface area contributed by atoms with Crippen LogP contribution in [0.5, 0.6) is 0 Å². The first-order valence-corrected chi connectivity index (χ1v) is 10.3. The monoisotopic (exact) mass is 397 g/mol. The Bertz CT molecular complexity index is 913. The minimum absolute atomic E-state index is 0.185. The lowest BCUT2D eigenvalue weighted by Crippen LogP contribution is -2.22. The zero-order valence-corrected chi connectivity index (χ0v) is 16.7. The minimum Gasteiger partial charge on any atom is -0.298 e. The number of nitrogens with zero attached hydrogens (tertiary/aromatic N) is 3. The van der Waals surface area contributed by atoms with Crippen molar-refractivity contribution in [3.05, 3.63) is 66.5 Å². The van der Waals surface area contributed by atoms with Crippen molar-refractivity contribution < 1.29 is 9.59 Å². The molecule has 0 amide bonds. The van der Waals surface area contributed by atoms with Crippen molar-refractivity contribution in [2.45, 2.75) is 34.9 Å². The standard InChI is InChI=1S/C20H19N3O2S2/c1-14(24)19(15(2)25)27-20-22-21-18(13-26-17-11-7-4-8-12-17)23(20)16-9-5-3-6-10-16/h3-12,19H,13H2,1-2H3. The molecule has 3 aromatic rings. The van der Waals surface area contributed by atoms with Gasteiger partial charge in [-0.3, -0.25) is 14.2 Å². The molecule has 27 heavy (non-hydrogen) atoms. The predicted molar refractivity (Wildman–Crippen MR) is 108 cm³/mol. The summed E-state index contributed by atoms with van der Waals surface area (Å²) in [6, 6.07) is 19.8. The van der Waals surface area contributed by atoms with Gasteiger partial charge in [0.25, 0.3) is 0 Å². The number of aromatic nitrogens is 3. The lowest BCUT2D eigenvalue weighted by Gasteiger charge is -2.13. The molecule has 138 valence electrons. The summed E-state index contributed by atoms with van der Waals surface area (Å²) in [5.74, 6) is 1.02. The van der Waals surface area contributed by atoms with Crippen molar-refractivity contribution in [2.75, 3.05) is 0 Å². The summed E-state index contributed by atoms with van der Waals surface area (Å²) >= 11 is 2.81. The van der Waals surface area contributed by atoms with Crippen LogP contribution in [0.1, 0.15) is 19.7 Å². The molecule has 3 rings (SSSR count). The number of para-hydroxylation sites is 1. The van der Waals surface area contributed by atoms with Gasteiger partial charge in [0.05, 0.1) is 5.75 Å². The molecule has 0 N–H and O–H groups in total. The van der Waals surface area contributed by atoms with Crippen LogP contribution in [-0.2, 0) is 15.3 Å². The first-order valence-electron chi connectivity index (χ1n) is 8.41. The van der Waals surface area contributed by atoms with Gasteiger partial charge >= 0.3 is 0 Å². The maximum Gasteiger partial charge on any atom is 0.196 e. The van der Waals surface area contributed by atoms with Gasteiger partial charge in [0, 0.05) is 10.6 Å². The second-order valence-corrected chi connectivity index (χ2v) is 8.01. The number of thioether (sulfide) groups is 2. The maximum atomic E-state index is 11.9. The van der Waals surface area contributed by atoms with Crippen molar-refractivity contribution in [3.63, 3.8) is 0 Å². The molecule has 1 aromatic heterocycles. The van der Waals surface area contributed by atoms with E-state index in [1.165, 1.54) is 13.8 Å². The summed E-state index contributed by atoms with van der Waals surface area (Å²) < 4.78 is 1.92. The summed E-state index contributed by atoms with van der Waals surface area (Å²) in [4.78, 5) is 24.8. The number of carbonyl (C=O) groups is 2. The molecule has 0 saturated carbocycles. The van der Waals surface area contributed by atoms with Crippen molar-refractivity contribution in [1.82, 2.24) is 14.8 Å². The highest BCUT2D eigenvalue weighted by atomic mass is 32.2. The van der Waals surface area contributed by atoms with Crippen molar-refractivity contribution in [1.29, 1.82) is 0 Å². The van der Waals surface area contributed by atoms with Crippen LogP contribution in [0.15, 0.2) is 70.7 Å². The van der Waals surface area contributed by atoms with Crippen LogP contribution in [0, 0.1) is 0 Å². The Morgan fingerprint density at radius 2 is 1.52 bits per heavy atom. The molecule has 0 fully saturated rings. The molecule has 0 atom stereocenters. The van der Waals surface area contributed by atoms with E-state index in [1.807, 2.05) is 65.2 Å². The fourth-order valence-corrected chi connectivity index (χ4v) is 4.31. The van der Waals surface area contributed by atoms with Crippen LogP contribution < -0.4 is 0 Å². The summed E-state index contributed by atoms with van der Waals surface area (Å²) in [6.07, 6.45) is 0. The number of hydrogen-bond acceptors (Lipinski definition) is 6. The molecule has 0 aliphatic heterocycles. The molecule has 5 nitrogen and oxygen atoms in total. The van der Waals surface area contributed by atoms with Gasteiger partial charge in [-0.2, -0.15) is 0 Å². The summed E-state index contributed by atoms with van der Waals surface area (Å²) in [7, 11) is 0. The van der Waals surface area contributed by atoms with Crippen molar-refractivity contribution in [2.24, 2.45) is 0 Å². The van der Waals surface area contributed by atoms with E-state index in [9.17, 15) is 9.59 Å². The smallest absolute Gasteiger partial charge is 0.196 e. The Hall–Kier alpha value is -2.38. The number of hydrogen-bond donors (Lipinski definition) is 0. The molecule has 0 bridgehead atoms. The zero-order valence-electron chi connectivity index (χ0n) is 15.0. The lowest BCUT2D eigenvalue weighted by atomic mass is 10.2. The third-order valence-electron chi connectivity index (χ3n) is 3.79. The van der Waals surface area contributed by atoms with Crippen LogP contribution in [-0.4, -0.2) is 31.6 Å². The highest BCUT2D eigenvalue weighted by Gasteiger charge is 2.25. The van der Waals surface area contributed by atoms with Crippen LogP contribution >= 0.6 is 23.5 Å². The van der Waals surface area contributed by atoms with E-state index in [0.29, 0.717) is 10.9 Å². The van der Waals surface area contributed by atoms with E-state index in [0.717, 1.165) is 28.2 Å². The van der Waals surface area contributed by atoms with Crippen LogP contribution in [0.4, 0.5) is 0 Å². The fourth-order valence-electron chi connectivity index (χ4n) is 2.53. The Balaban J connectivity index is 1.93. The Morgan fingerprint density at radius 3 is 2.11 bits per heavy atom. The zero-order chi connectivity index (χ0) is 19.2. The molecule has 0 spiro atoms. The molecule has 2 aromatic carbocycles. The van der Waals surface area contributed by atoms with Gasteiger partial charge in [-0.1, -0.05) is 48.2 Å². The van der Waals surface area contributed by atoms with E-state index in [1.54, 1.807) is 11.8 Å². The van der Waals surface area contributed by atoms with E-state index in [2.05, 4.69) is 10.2 Å². The number of carbonyl (C=O) groups excluding carboxylic acids is 2. The maximum absolute atomic E-state index is 11.9. The van der Waals surface area contributed by atoms with E-state index in [-0.39, 0.29) is 11.6 Å². The Kier molecular flexibility index (Phi) is 6.47. The molecule has 7 heteroatoms. The van der Waals surface area contributed by atoms with E-state index < -0.39 is 5.25 Å². The average Bonchev–Trinajstić information content (AvgIpc) is 3.08. The van der Waals surface area contributed by atoms with Gasteiger partial charge in [-0.05, 0) is 38.1 Å². The topological polar surface area (TPSA) is 64.8 Å². The van der Waals surface area contributed by atoms with Gasteiger partial charge in [0.2, 0.25) is 0 Å². The van der Waals surface area contributed by atoms with Crippen LogP contribution in [0.2, 0.25) is 0 Å². The molecule has 0 aliphatic carbocycles. The molecular weight excluding hydrogens is 378 g/mol. The van der Waals surface area contributed by atoms with Gasteiger partial charge in [0.1, 0.15) is 11.1 Å². The highest BCUT2D eigenvalue weighted by molar-refractivity contribution is 8.01. The molecule has 0 saturated heterocycles. The number of benzene rings is 2.